The lowest BCUT2D eigenvalue weighted by Gasteiger charge is -2.26. The normalized spacial score (nSPS) is 11.9. The predicted molar refractivity (Wildman–Crippen MR) is 201 cm³/mol. The number of hydrogen-bond donors (Lipinski definition) is 0. The fourth-order valence-electron chi connectivity index (χ4n) is 6.30. The van der Waals surface area contributed by atoms with Gasteiger partial charge in [0.15, 0.2) is 11.9 Å². The molecule has 1 aromatic heterocycles. The van der Waals surface area contributed by atoms with Gasteiger partial charge in [-0.2, -0.15) is 4.31 Å². The summed E-state index contributed by atoms with van der Waals surface area (Å²) < 4.78 is 38.2. The van der Waals surface area contributed by atoms with Crippen molar-refractivity contribution in [2.45, 2.75) is 161 Å². The Kier molecular flexibility index (Phi) is 20.1. The predicted octanol–water partition coefficient (Wildman–Crippen LogP) is 7.86. The summed E-state index contributed by atoms with van der Waals surface area (Å²) in [5.41, 5.74) is 3.91. The van der Waals surface area contributed by atoms with Gasteiger partial charge >= 0.3 is 0 Å². The van der Waals surface area contributed by atoms with Crippen molar-refractivity contribution in [1.29, 1.82) is 0 Å². The van der Waals surface area contributed by atoms with E-state index in [4.69, 9.17) is 4.74 Å². The summed E-state index contributed by atoms with van der Waals surface area (Å²) in [5.74, 6) is 0.903. The molecule has 3 aromatic rings. The summed E-state index contributed by atoms with van der Waals surface area (Å²) in [5, 5.41) is 0. The Bertz CT molecular complexity index is 1450. The zero-order valence-corrected chi connectivity index (χ0v) is 34.5. The van der Waals surface area contributed by atoms with Crippen LogP contribution in [0, 0.1) is 6.92 Å². The van der Waals surface area contributed by atoms with Crippen LogP contribution in [-0.2, 0) is 35.1 Å². The summed E-state index contributed by atoms with van der Waals surface area (Å²) >= 11 is 0. The summed E-state index contributed by atoms with van der Waals surface area (Å²) in [6.45, 7) is 15.0. The Balaban J connectivity index is 0.00000833. The fourth-order valence-corrected chi connectivity index (χ4v) is 7.70. The van der Waals surface area contributed by atoms with Crippen LogP contribution in [0.1, 0.15) is 147 Å². The number of unbranched alkanes of at least 4 members (excludes halogenated alkanes) is 13. The number of aromatic nitrogens is 1. The van der Waals surface area contributed by atoms with Gasteiger partial charge in [-0.3, -0.25) is 0 Å². The summed E-state index contributed by atoms with van der Waals surface area (Å²) in [4.78, 5) is 0.316. The molecule has 0 aliphatic heterocycles. The summed E-state index contributed by atoms with van der Waals surface area (Å²) in [7, 11) is -3.75. The third-order valence-electron chi connectivity index (χ3n) is 9.34. The molecule has 49 heavy (non-hydrogen) atoms. The lowest BCUT2D eigenvalue weighted by atomic mass is 9.85. The minimum absolute atomic E-state index is 0. The zero-order valence-electron chi connectivity index (χ0n) is 31.5. The van der Waals surface area contributed by atoms with E-state index in [1.54, 1.807) is 16.4 Å². The molecule has 5 nitrogen and oxygen atoms in total. The molecular formula is C42H65IN2O3S. The highest BCUT2D eigenvalue weighted by atomic mass is 127. The molecule has 0 saturated carbocycles. The van der Waals surface area contributed by atoms with E-state index >= 15 is 0 Å². The molecule has 274 valence electrons. The topological polar surface area (TPSA) is 50.5 Å². The molecule has 0 aliphatic rings. The first kappa shape index (κ1) is 43.2. The molecule has 0 amide bonds. The molecule has 0 spiro atoms. The quantitative estimate of drug-likeness (QED) is 0.0558. The Hall–Kier alpha value is -1.97. The van der Waals surface area contributed by atoms with Crippen LogP contribution in [0.15, 0.2) is 71.8 Å². The van der Waals surface area contributed by atoms with Gasteiger partial charge in [0.1, 0.15) is 12.3 Å². The van der Waals surface area contributed by atoms with Gasteiger partial charge in [-0.25, -0.2) is 13.0 Å². The number of aryl methyl sites for hydroxylation is 2. The molecule has 3 rings (SSSR count). The largest absolute Gasteiger partial charge is 1.00 e. The molecule has 2 aromatic carbocycles. The molecular weight excluding hydrogens is 739 g/mol. The molecule has 0 radical (unpaired) electrons. The molecule has 7 heteroatoms. The van der Waals surface area contributed by atoms with Crippen molar-refractivity contribution in [3.63, 3.8) is 0 Å². The van der Waals surface area contributed by atoms with Crippen LogP contribution in [0.4, 0.5) is 0 Å². The SMILES string of the molecule is CCCCCCCCCCCCCCCCOc1ccc(CN(Cc2cccc[n+]2CC)S(=O)(=O)c2ccc(C)cc2)cc1C(C)(C)C.[I-]. The lowest BCUT2D eigenvalue weighted by molar-refractivity contribution is -0.701. The van der Waals surface area contributed by atoms with Crippen LogP contribution < -0.4 is 33.3 Å². The minimum Gasteiger partial charge on any atom is -1.00 e. The standard InChI is InChI=1S/C42H65N2O3S.HI/c1-7-9-10-11-12-13-14-15-16-17-18-19-20-23-32-47-41-30-27-37(33-40(41)42(4,5)6)34-44(35-38-24-21-22-31-43(38)8-2)48(45,46)39-28-25-36(3)26-29-39;/h21-22,24-31,33H,7-20,23,32,34-35H2,1-6H3;1H/q+1;/p-1. The second kappa shape index (κ2) is 22.8. The van der Waals surface area contributed by atoms with E-state index in [2.05, 4.69) is 45.3 Å². The lowest BCUT2D eigenvalue weighted by Crippen LogP contribution is -3.00. The minimum atomic E-state index is -3.75. The van der Waals surface area contributed by atoms with E-state index < -0.39 is 10.0 Å². The van der Waals surface area contributed by atoms with Crippen molar-refractivity contribution in [2.75, 3.05) is 6.61 Å². The fraction of sp³-hybridized carbons (Fsp3) is 0.595. The maximum atomic E-state index is 14.1. The van der Waals surface area contributed by atoms with Gasteiger partial charge in [0.05, 0.1) is 18.0 Å². The number of rotatable bonds is 23. The number of hydrogen-bond acceptors (Lipinski definition) is 3. The molecule has 0 bridgehead atoms. The van der Waals surface area contributed by atoms with E-state index in [-0.39, 0.29) is 42.5 Å². The Labute approximate surface area is 317 Å². The number of pyridine rings is 1. The highest BCUT2D eigenvalue weighted by Gasteiger charge is 2.29. The first-order valence-electron chi connectivity index (χ1n) is 18.9. The van der Waals surface area contributed by atoms with Gasteiger partial charge in [-0.15, -0.1) is 0 Å². The molecule has 0 N–H and O–H groups in total. The van der Waals surface area contributed by atoms with Crippen LogP contribution >= 0.6 is 0 Å². The highest BCUT2D eigenvalue weighted by Crippen LogP contribution is 2.33. The average Bonchev–Trinajstić information content (AvgIpc) is 3.06. The van der Waals surface area contributed by atoms with Gasteiger partial charge in [0.25, 0.3) is 0 Å². The van der Waals surface area contributed by atoms with E-state index in [9.17, 15) is 8.42 Å². The van der Waals surface area contributed by atoms with E-state index in [0.29, 0.717) is 11.5 Å². The molecule has 1 heterocycles. The van der Waals surface area contributed by atoms with Crippen molar-refractivity contribution in [3.05, 3.63) is 89.2 Å². The number of ether oxygens (including phenoxy) is 1. The van der Waals surface area contributed by atoms with Crippen molar-refractivity contribution in [2.24, 2.45) is 0 Å². The monoisotopic (exact) mass is 804 g/mol. The molecule has 0 unspecified atom stereocenters. The Morgan fingerprint density at radius 2 is 1.29 bits per heavy atom. The zero-order chi connectivity index (χ0) is 34.8. The maximum absolute atomic E-state index is 14.1. The van der Waals surface area contributed by atoms with Crippen LogP contribution in [0.25, 0.3) is 0 Å². The van der Waals surface area contributed by atoms with E-state index in [1.807, 2.05) is 55.6 Å². The number of benzene rings is 2. The molecule has 0 saturated heterocycles. The smallest absolute Gasteiger partial charge is 0.243 e. The number of nitrogens with zero attached hydrogens (tertiary/aromatic N) is 2. The third-order valence-corrected chi connectivity index (χ3v) is 11.1. The van der Waals surface area contributed by atoms with E-state index in [1.165, 1.54) is 83.5 Å². The Morgan fingerprint density at radius 3 is 1.84 bits per heavy atom. The third kappa shape index (κ3) is 15.0. The van der Waals surface area contributed by atoms with Gasteiger partial charge < -0.3 is 28.7 Å². The summed E-state index contributed by atoms with van der Waals surface area (Å²) in [6, 6.07) is 19.4. The van der Waals surface area contributed by atoms with Gasteiger partial charge in [0.2, 0.25) is 10.0 Å². The number of halogens is 1. The second-order valence-electron chi connectivity index (χ2n) is 14.6. The second-order valence-corrected chi connectivity index (χ2v) is 16.5. The van der Waals surface area contributed by atoms with Crippen molar-refractivity contribution in [1.82, 2.24) is 4.31 Å². The maximum Gasteiger partial charge on any atom is 0.243 e. The first-order chi connectivity index (χ1) is 23.1. The van der Waals surface area contributed by atoms with Gasteiger partial charge in [-0.05, 0) is 55.0 Å². The van der Waals surface area contributed by atoms with Crippen LogP contribution in [-0.4, -0.2) is 19.3 Å². The van der Waals surface area contributed by atoms with Crippen LogP contribution in [0.2, 0.25) is 0 Å². The van der Waals surface area contributed by atoms with Crippen molar-refractivity contribution < 1.29 is 41.7 Å². The molecule has 0 aliphatic carbocycles. The summed E-state index contributed by atoms with van der Waals surface area (Å²) in [6.07, 6.45) is 20.8. The van der Waals surface area contributed by atoms with Gasteiger partial charge in [-0.1, -0.05) is 147 Å². The number of sulfonamides is 1. The van der Waals surface area contributed by atoms with Gasteiger partial charge in [0, 0.05) is 18.7 Å². The highest BCUT2D eigenvalue weighted by molar-refractivity contribution is 7.89. The van der Waals surface area contributed by atoms with Crippen LogP contribution in [0.3, 0.4) is 0 Å². The molecule has 0 atom stereocenters. The van der Waals surface area contributed by atoms with Crippen LogP contribution in [0.5, 0.6) is 5.75 Å². The average molecular weight is 805 g/mol. The Morgan fingerprint density at radius 1 is 0.714 bits per heavy atom. The first-order valence-corrected chi connectivity index (χ1v) is 20.3. The van der Waals surface area contributed by atoms with Crippen molar-refractivity contribution >= 4 is 10.0 Å². The van der Waals surface area contributed by atoms with E-state index in [0.717, 1.165) is 41.1 Å². The molecule has 0 fully saturated rings. The van der Waals surface area contributed by atoms with Crippen molar-refractivity contribution in [3.8, 4) is 5.75 Å².